The molecule has 2 rings (SSSR count). The number of hydrogen-bond acceptors (Lipinski definition) is 4. The summed E-state index contributed by atoms with van der Waals surface area (Å²) in [5, 5.41) is 4.41. The van der Waals surface area contributed by atoms with Gasteiger partial charge >= 0.3 is 5.63 Å². The van der Waals surface area contributed by atoms with Crippen LogP contribution in [-0.4, -0.2) is 13.2 Å². The number of azide groups is 1. The maximum Gasteiger partial charge on any atom is 0.336 e. The van der Waals surface area contributed by atoms with Crippen molar-refractivity contribution in [2.45, 2.75) is 32.6 Å². The van der Waals surface area contributed by atoms with E-state index < -0.39 is 0 Å². The summed E-state index contributed by atoms with van der Waals surface area (Å²) in [6, 6.07) is 7.03. The Morgan fingerprint density at radius 1 is 1.23 bits per heavy atom. The van der Waals surface area contributed by atoms with E-state index in [1.807, 2.05) is 19.1 Å². The molecule has 0 aliphatic heterocycles. The molecule has 0 aliphatic rings. The Balaban J connectivity index is 1.82. The molecule has 0 spiro atoms. The molecule has 0 unspecified atom stereocenters. The van der Waals surface area contributed by atoms with Crippen molar-refractivity contribution in [3.05, 3.63) is 50.7 Å². The van der Waals surface area contributed by atoms with E-state index in [0.29, 0.717) is 24.5 Å². The van der Waals surface area contributed by atoms with Crippen LogP contribution in [0.3, 0.4) is 0 Å². The summed E-state index contributed by atoms with van der Waals surface area (Å²) in [6.07, 6.45) is 3.90. The van der Waals surface area contributed by atoms with E-state index in [-0.39, 0.29) is 5.63 Å². The SMILES string of the molecule is Cc1cc(=O)oc2cc(OCCCCCCN=[N+]=[N-])ccc12. The number of aryl methyl sites for hydroxylation is 1. The molecule has 6 nitrogen and oxygen atoms in total. The second kappa shape index (κ2) is 8.10. The van der Waals surface area contributed by atoms with Crippen molar-refractivity contribution in [2.24, 2.45) is 5.11 Å². The minimum absolute atomic E-state index is 0.345. The lowest BCUT2D eigenvalue weighted by atomic mass is 10.1. The van der Waals surface area contributed by atoms with Crippen molar-refractivity contribution in [3.8, 4) is 5.75 Å². The Labute approximate surface area is 128 Å². The molecule has 0 amide bonds. The van der Waals surface area contributed by atoms with Crippen LogP contribution in [0.5, 0.6) is 5.75 Å². The Bertz CT molecular complexity index is 733. The molecule has 0 N–H and O–H groups in total. The molecule has 0 aliphatic carbocycles. The van der Waals surface area contributed by atoms with E-state index in [1.165, 1.54) is 6.07 Å². The molecule has 0 saturated carbocycles. The third kappa shape index (κ3) is 4.53. The molecule has 0 atom stereocenters. The third-order valence-electron chi connectivity index (χ3n) is 3.41. The van der Waals surface area contributed by atoms with Crippen LogP contribution in [0.1, 0.15) is 31.2 Å². The van der Waals surface area contributed by atoms with Crippen LogP contribution in [0.2, 0.25) is 0 Å². The number of fused-ring (bicyclic) bond motifs is 1. The largest absolute Gasteiger partial charge is 0.493 e. The quantitative estimate of drug-likeness (QED) is 0.239. The minimum atomic E-state index is -0.345. The predicted octanol–water partition coefficient (Wildman–Crippen LogP) is 4.35. The lowest BCUT2D eigenvalue weighted by Gasteiger charge is -2.07. The van der Waals surface area contributed by atoms with Gasteiger partial charge in [-0.15, -0.1) is 0 Å². The van der Waals surface area contributed by atoms with Gasteiger partial charge in [-0.25, -0.2) is 4.79 Å². The highest BCUT2D eigenvalue weighted by molar-refractivity contribution is 5.81. The Kier molecular flexibility index (Phi) is 5.86. The summed E-state index contributed by atoms with van der Waals surface area (Å²) in [5.41, 5.74) is 9.26. The highest BCUT2D eigenvalue weighted by atomic mass is 16.5. The van der Waals surface area contributed by atoms with E-state index in [1.54, 1.807) is 6.07 Å². The molecule has 0 bridgehead atoms. The summed E-state index contributed by atoms with van der Waals surface area (Å²) >= 11 is 0. The zero-order valence-electron chi connectivity index (χ0n) is 12.6. The van der Waals surface area contributed by atoms with Gasteiger partial charge in [-0.2, -0.15) is 0 Å². The van der Waals surface area contributed by atoms with Gasteiger partial charge in [-0.1, -0.05) is 18.0 Å². The normalized spacial score (nSPS) is 10.4. The molecule has 0 fully saturated rings. The molecule has 0 saturated heterocycles. The van der Waals surface area contributed by atoms with Gasteiger partial charge in [0, 0.05) is 29.0 Å². The molecule has 1 aromatic heterocycles. The first kappa shape index (κ1) is 15.9. The van der Waals surface area contributed by atoms with E-state index in [0.717, 1.165) is 36.6 Å². The average molecular weight is 301 g/mol. The highest BCUT2D eigenvalue weighted by Crippen LogP contribution is 2.22. The second-order valence-corrected chi connectivity index (χ2v) is 5.12. The van der Waals surface area contributed by atoms with Crippen molar-refractivity contribution in [3.63, 3.8) is 0 Å². The fourth-order valence-corrected chi connectivity index (χ4v) is 2.27. The summed E-state index contributed by atoms with van der Waals surface area (Å²) in [5.74, 6) is 0.704. The van der Waals surface area contributed by atoms with Crippen LogP contribution in [0.4, 0.5) is 0 Å². The molecule has 1 aromatic carbocycles. The maximum atomic E-state index is 11.4. The number of ether oxygens (including phenoxy) is 1. The molecular weight excluding hydrogens is 282 g/mol. The molecule has 6 heteroatoms. The maximum absolute atomic E-state index is 11.4. The highest BCUT2D eigenvalue weighted by Gasteiger charge is 2.04. The van der Waals surface area contributed by atoms with Crippen LogP contribution in [0.25, 0.3) is 21.4 Å². The molecule has 0 radical (unpaired) electrons. The number of benzene rings is 1. The topological polar surface area (TPSA) is 88.2 Å². The van der Waals surface area contributed by atoms with Crippen molar-refractivity contribution in [2.75, 3.05) is 13.2 Å². The number of unbranched alkanes of at least 4 members (excludes halogenated alkanes) is 3. The first-order valence-electron chi connectivity index (χ1n) is 7.39. The van der Waals surface area contributed by atoms with Crippen molar-refractivity contribution < 1.29 is 9.15 Å². The lowest BCUT2D eigenvalue weighted by molar-refractivity contribution is 0.304. The van der Waals surface area contributed by atoms with Crippen molar-refractivity contribution >= 4 is 11.0 Å². The molecule has 2 aromatic rings. The average Bonchev–Trinajstić information content (AvgIpc) is 2.49. The fourth-order valence-electron chi connectivity index (χ4n) is 2.27. The summed E-state index contributed by atoms with van der Waals surface area (Å²) in [4.78, 5) is 14.1. The molecule has 1 heterocycles. The van der Waals surface area contributed by atoms with Gasteiger partial charge in [0.15, 0.2) is 0 Å². The van der Waals surface area contributed by atoms with Gasteiger partial charge in [0.05, 0.1) is 6.61 Å². The summed E-state index contributed by atoms with van der Waals surface area (Å²) in [6.45, 7) is 3.06. The Morgan fingerprint density at radius 3 is 2.86 bits per heavy atom. The first-order valence-corrected chi connectivity index (χ1v) is 7.39. The number of nitrogens with zero attached hydrogens (tertiary/aromatic N) is 3. The predicted molar refractivity (Wildman–Crippen MR) is 85.2 cm³/mol. The second-order valence-electron chi connectivity index (χ2n) is 5.12. The molecule has 22 heavy (non-hydrogen) atoms. The van der Waals surface area contributed by atoms with Crippen LogP contribution < -0.4 is 10.4 Å². The van der Waals surface area contributed by atoms with Crippen LogP contribution in [-0.2, 0) is 0 Å². The molecular formula is C16H19N3O3. The summed E-state index contributed by atoms with van der Waals surface area (Å²) in [7, 11) is 0. The number of hydrogen-bond donors (Lipinski definition) is 0. The van der Waals surface area contributed by atoms with Gasteiger partial charge in [0.1, 0.15) is 11.3 Å². The van der Waals surface area contributed by atoms with Gasteiger partial charge in [-0.3, -0.25) is 0 Å². The lowest BCUT2D eigenvalue weighted by Crippen LogP contribution is -2.00. The van der Waals surface area contributed by atoms with Crippen molar-refractivity contribution in [1.29, 1.82) is 0 Å². The van der Waals surface area contributed by atoms with Gasteiger partial charge in [0.2, 0.25) is 0 Å². The van der Waals surface area contributed by atoms with E-state index >= 15 is 0 Å². The molecule has 116 valence electrons. The first-order chi connectivity index (χ1) is 10.7. The van der Waals surface area contributed by atoms with E-state index in [9.17, 15) is 4.79 Å². The third-order valence-corrected chi connectivity index (χ3v) is 3.41. The zero-order chi connectivity index (χ0) is 15.8. The minimum Gasteiger partial charge on any atom is -0.493 e. The van der Waals surface area contributed by atoms with Crippen molar-refractivity contribution in [1.82, 2.24) is 0 Å². The smallest absolute Gasteiger partial charge is 0.336 e. The Hall–Kier alpha value is -2.46. The van der Waals surface area contributed by atoms with Gasteiger partial charge < -0.3 is 9.15 Å². The van der Waals surface area contributed by atoms with Crippen LogP contribution >= 0.6 is 0 Å². The van der Waals surface area contributed by atoms with E-state index in [2.05, 4.69) is 10.0 Å². The standard InChI is InChI=1S/C16H19N3O3/c1-12-10-16(20)22-15-11-13(6-7-14(12)15)21-9-5-3-2-4-8-18-19-17/h6-7,10-11H,2-5,8-9H2,1H3. The zero-order valence-corrected chi connectivity index (χ0v) is 12.6. The fraction of sp³-hybridized carbons (Fsp3) is 0.438. The number of rotatable bonds is 8. The Morgan fingerprint density at radius 2 is 2.05 bits per heavy atom. The summed E-state index contributed by atoms with van der Waals surface area (Å²) < 4.78 is 10.9. The van der Waals surface area contributed by atoms with Gasteiger partial charge in [-0.05, 0) is 43.0 Å². The van der Waals surface area contributed by atoms with Gasteiger partial charge in [0.25, 0.3) is 0 Å². The van der Waals surface area contributed by atoms with E-state index in [4.69, 9.17) is 14.7 Å². The van der Waals surface area contributed by atoms with Crippen LogP contribution in [0.15, 0.2) is 38.6 Å². The monoisotopic (exact) mass is 301 g/mol. The van der Waals surface area contributed by atoms with Crippen LogP contribution in [0, 0.1) is 6.92 Å².